The molecule has 1 aliphatic heterocycles. The average molecular weight is 319 g/mol. The third-order valence-electron chi connectivity index (χ3n) is 3.81. The average Bonchev–Trinajstić information content (AvgIpc) is 2.53. The molecule has 0 saturated carbocycles. The van der Waals surface area contributed by atoms with Crippen LogP contribution in [-0.2, 0) is 10.0 Å². The molecule has 1 aromatic heterocycles. The van der Waals surface area contributed by atoms with E-state index in [-0.39, 0.29) is 5.91 Å². The van der Waals surface area contributed by atoms with Gasteiger partial charge in [-0.05, 0) is 12.1 Å². The maximum Gasteiger partial charge on any atom is 0.272 e. The minimum absolute atomic E-state index is 0.154. The summed E-state index contributed by atoms with van der Waals surface area (Å²) in [6.45, 7) is 1.44. The maximum atomic E-state index is 12.5. The van der Waals surface area contributed by atoms with Crippen LogP contribution in [0.2, 0.25) is 0 Å². The van der Waals surface area contributed by atoms with Gasteiger partial charge < -0.3 is 4.90 Å². The number of hydrogen-bond donors (Lipinski definition) is 0. The van der Waals surface area contributed by atoms with Crippen LogP contribution in [0, 0.1) is 0 Å². The van der Waals surface area contributed by atoms with E-state index in [1.54, 1.807) is 11.0 Å². The van der Waals surface area contributed by atoms with Gasteiger partial charge in [-0.1, -0.05) is 24.3 Å². The fourth-order valence-electron chi connectivity index (χ4n) is 2.57. The monoisotopic (exact) mass is 319 g/mol. The molecule has 1 aliphatic rings. The normalized spacial score (nSPS) is 16.9. The van der Waals surface area contributed by atoms with E-state index >= 15 is 0 Å². The van der Waals surface area contributed by atoms with E-state index in [1.807, 2.05) is 30.3 Å². The first-order valence-electron chi connectivity index (χ1n) is 7.05. The first kappa shape index (κ1) is 14.9. The highest BCUT2D eigenvalue weighted by molar-refractivity contribution is 7.88. The standard InChI is InChI=1S/C15H17N3O3S/c1-22(20,21)18-10-8-17(9-11-18)15(19)14-7-6-12-4-2-3-5-13(12)16-14/h2-7H,8-11H2,1H3. The second-order valence-electron chi connectivity index (χ2n) is 5.34. The molecular weight excluding hydrogens is 302 g/mol. The highest BCUT2D eigenvalue weighted by Crippen LogP contribution is 2.14. The quantitative estimate of drug-likeness (QED) is 0.826. The summed E-state index contributed by atoms with van der Waals surface area (Å²) in [5.41, 5.74) is 1.18. The number of para-hydroxylation sites is 1. The number of piperazine rings is 1. The predicted molar refractivity (Wildman–Crippen MR) is 84.1 cm³/mol. The summed E-state index contributed by atoms with van der Waals surface area (Å²) in [5, 5.41) is 0.987. The van der Waals surface area contributed by atoms with Gasteiger partial charge in [0.15, 0.2) is 0 Å². The number of carbonyl (C=O) groups excluding carboxylic acids is 1. The maximum absolute atomic E-state index is 12.5. The zero-order valence-electron chi connectivity index (χ0n) is 12.3. The van der Waals surface area contributed by atoms with E-state index in [0.29, 0.717) is 31.9 Å². The van der Waals surface area contributed by atoms with E-state index in [9.17, 15) is 13.2 Å². The number of benzene rings is 1. The molecule has 0 radical (unpaired) electrons. The van der Waals surface area contributed by atoms with Gasteiger partial charge in [-0.3, -0.25) is 4.79 Å². The number of pyridine rings is 1. The van der Waals surface area contributed by atoms with Crippen molar-refractivity contribution in [3.05, 3.63) is 42.1 Å². The van der Waals surface area contributed by atoms with Crippen LogP contribution in [0.4, 0.5) is 0 Å². The summed E-state index contributed by atoms with van der Waals surface area (Å²) in [7, 11) is -3.19. The van der Waals surface area contributed by atoms with Gasteiger partial charge in [0.05, 0.1) is 11.8 Å². The van der Waals surface area contributed by atoms with Crippen molar-refractivity contribution < 1.29 is 13.2 Å². The summed E-state index contributed by atoms with van der Waals surface area (Å²) in [4.78, 5) is 18.5. The molecular formula is C15H17N3O3S. The van der Waals surface area contributed by atoms with Gasteiger partial charge in [0.2, 0.25) is 10.0 Å². The lowest BCUT2D eigenvalue weighted by Gasteiger charge is -2.33. The number of hydrogen-bond acceptors (Lipinski definition) is 4. The molecule has 7 heteroatoms. The molecule has 0 aliphatic carbocycles. The third kappa shape index (κ3) is 2.95. The van der Waals surface area contributed by atoms with Crippen molar-refractivity contribution in [2.24, 2.45) is 0 Å². The van der Waals surface area contributed by atoms with Crippen molar-refractivity contribution in [3.8, 4) is 0 Å². The lowest BCUT2D eigenvalue weighted by Crippen LogP contribution is -2.50. The molecule has 22 heavy (non-hydrogen) atoms. The van der Waals surface area contributed by atoms with Gasteiger partial charge in [0.25, 0.3) is 5.91 Å². The summed E-state index contributed by atoms with van der Waals surface area (Å²) in [5.74, 6) is -0.154. The molecule has 6 nitrogen and oxygen atoms in total. The molecule has 1 amide bonds. The number of sulfonamides is 1. The highest BCUT2D eigenvalue weighted by atomic mass is 32.2. The Morgan fingerprint density at radius 3 is 2.41 bits per heavy atom. The Kier molecular flexibility index (Phi) is 3.84. The molecule has 0 unspecified atom stereocenters. The molecule has 0 bridgehead atoms. The molecule has 0 spiro atoms. The molecule has 2 heterocycles. The zero-order chi connectivity index (χ0) is 15.7. The zero-order valence-corrected chi connectivity index (χ0v) is 13.1. The van der Waals surface area contributed by atoms with Crippen LogP contribution >= 0.6 is 0 Å². The molecule has 0 atom stereocenters. The molecule has 116 valence electrons. The van der Waals surface area contributed by atoms with Crippen molar-refractivity contribution in [2.75, 3.05) is 32.4 Å². The van der Waals surface area contributed by atoms with Crippen LogP contribution in [-0.4, -0.2) is 60.9 Å². The van der Waals surface area contributed by atoms with Crippen molar-refractivity contribution in [1.29, 1.82) is 0 Å². The number of nitrogens with zero attached hydrogens (tertiary/aromatic N) is 3. The van der Waals surface area contributed by atoms with Crippen molar-refractivity contribution >= 4 is 26.8 Å². The second kappa shape index (κ2) is 5.66. The van der Waals surface area contributed by atoms with Crippen LogP contribution in [0.5, 0.6) is 0 Å². The molecule has 1 saturated heterocycles. The van der Waals surface area contributed by atoms with E-state index in [1.165, 1.54) is 10.6 Å². The van der Waals surface area contributed by atoms with Gasteiger partial charge in [0.1, 0.15) is 5.69 Å². The van der Waals surface area contributed by atoms with Crippen molar-refractivity contribution in [3.63, 3.8) is 0 Å². The molecule has 1 fully saturated rings. The molecule has 0 N–H and O–H groups in total. The SMILES string of the molecule is CS(=O)(=O)N1CCN(C(=O)c2ccc3ccccc3n2)CC1. The van der Waals surface area contributed by atoms with E-state index in [2.05, 4.69) is 4.98 Å². The van der Waals surface area contributed by atoms with Crippen molar-refractivity contribution in [2.45, 2.75) is 0 Å². The van der Waals surface area contributed by atoms with Crippen LogP contribution in [0.15, 0.2) is 36.4 Å². The minimum atomic E-state index is -3.19. The molecule has 2 aromatic rings. The Morgan fingerprint density at radius 1 is 1.05 bits per heavy atom. The summed E-state index contributed by atoms with van der Waals surface area (Å²) in [6.07, 6.45) is 1.19. The van der Waals surface area contributed by atoms with Gasteiger partial charge in [-0.25, -0.2) is 13.4 Å². The van der Waals surface area contributed by atoms with Crippen LogP contribution < -0.4 is 0 Å². The predicted octanol–water partition coefficient (Wildman–Crippen LogP) is 0.952. The number of carbonyl (C=O) groups is 1. The first-order chi connectivity index (χ1) is 10.4. The van der Waals surface area contributed by atoms with Gasteiger partial charge in [0, 0.05) is 31.6 Å². The third-order valence-corrected chi connectivity index (χ3v) is 5.12. The molecule has 1 aromatic carbocycles. The molecule has 3 rings (SSSR count). The van der Waals surface area contributed by atoms with Gasteiger partial charge >= 0.3 is 0 Å². The number of fused-ring (bicyclic) bond motifs is 1. The van der Waals surface area contributed by atoms with Crippen molar-refractivity contribution in [1.82, 2.24) is 14.2 Å². The topological polar surface area (TPSA) is 70.6 Å². The fourth-order valence-corrected chi connectivity index (χ4v) is 3.40. The van der Waals surface area contributed by atoms with E-state index in [4.69, 9.17) is 0 Å². The Balaban J connectivity index is 1.76. The summed E-state index contributed by atoms with van der Waals surface area (Å²) >= 11 is 0. The van der Waals surface area contributed by atoms with Crippen LogP contribution in [0.3, 0.4) is 0 Å². The number of amides is 1. The Labute approximate surface area is 129 Å². The Morgan fingerprint density at radius 2 is 1.73 bits per heavy atom. The van der Waals surface area contributed by atoms with Crippen LogP contribution in [0.25, 0.3) is 10.9 Å². The van der Waals surface area contributed by atoms with Gasteiger partial charge in [-0.2, -0.15) is 4.31 Å². The highest BCUT2D eigenvalue weighted by Gasteiger charge is 2.27. The second-order valence-corrected chi connectivity index (χ2v) is 7.33. The smallest absolute Gasteiger partial charge is 0.272 e. The Bertz CT molecular complexity index is 812. The minimum Gasteiger partial charge on any atom is -0.335 e. The summed E-state index contributed by atoms with van der Waals surface area (Å²) in [6, 6.07) is 11.2. The Hall–Kier alpha value is -1.99. The lowest BCUT2D eigenvalue weighted by atomic mass is 10.2. The van der Waals surface area contributed by atoms with Gasteiger partial charge in [-0.15, -0.1) is 0 Å². The fraction of sp³-hybridized carbons (Fsp3) is 0.333. The van der Waals surface area contributed by atoms with E-state index in [0.717, 1.165) is 10.9 Å². The first-order valence-corrected chi connectivity index (χ1v) is 8.90. The number of aromatic nitrogens is 1. The number of rotatable bonds is 2. The summed E-state index contributed by atoms with van der Waals surface area (Å²) < 4.78 is 24.4. The lowest BCUT2D eigenvalue weighted by molar-refractivity contribution is 0.0693. The van der Waals surface area contributed by atoms with E-state index < -0.39 is 10.0 Å². The largest absolute Gasteiger partial charge is 0.335 e. The van der Waals surface area contributed by atoms with Crippen LogP contribution in [0.1, 0.15) is 10.5 Å².